The molecule has 1 amide bonds. The number of fused-ring (bicyclic) bond motifs is 1. The van der Waals surface area contributed by atoms with Gasteiger partial charge in [-0.25, -0.2) is 9.78 Å². The largest absolute Gasteiger partial charge is 0.330 e. The van der Waals surface area contributed by atoms with Crippen molar-refractivity contribution in [3.8, 4) is 0 Å². The van der Waals surface area contributed by atoms with Gasteiger partial charge in [-0.05, 0) is 56.0 Å². The van der Waals surface area contributed by atoms with Gasteiger partial charge in [-0.2, -0.15) is 0 Å². The summed E-state index contributed by atoms with van der Waals surface area (Å²) in [6.45, 7) is 3.97. The highest BCUT2D eigenvalue weighted by Crippen LogP contribution is 2.34. The Morgan fingerprint density at radius 1 is 1.19 bits per heavy atom. The summed E-state index contributed by atoms with van der Waals surface area (Å²) < 4.78 is 1.50. The first-order chi connectivity index (χ1) is 12.4. The van der Waals surface area contributed by atoms with Crippen LogP contribution in [0.15, 0.2) is 40.1 Å². The van der Waals surface area contributed by atoms with Gasteiger partial charge < -0.3 is 5.32 Å². The summed E-state index contributed by atoms with van der Waals surface area (Å²) in [4.78, 5) is 43.3. The summed E-state index contributed by atoms with van der Waals surface area (Å²) in [7, 11) is 0. The van der Waals surface area contributed by atoms with Crippen LogP contribution in [0.4, 0.5) is 5.69 Å². The van der Waals surface area contributed by atoms with Gasteiger partial charge in [0.05, 0.1) is 10.9 Å². The predicted molar refractivity (Wildman–Crippen MR) is 98.8 cm³/mol. The molecule has 0 bridgehead atoms. The van der Waals surface area contributed by atoms with Crippen LogP contribution in [-0.2, 0) is 0 Å². The van der Waals surface area contributed by atoms with E-state index in [2.05, 4.69) is 15.3 Å². The second-order valence-electron chi connectivity index (χ2n) is 6.71. The summed E-state index contributed by atoms with van der Waals surface area (Å²) in [6, 6.07) is 7.20. The molecule has 3 aromatic rings. The molecule has 2 heterocycles. The molecular formula is C19H18N4O3. The van der Waals surface area contributed by atoms with Crippen molar-refractivity contribution in [3.05, 3.63) is 68.0 Å². The molecule has 0 spiro atoms. The minimum absolute atomic E-state index is 0.0737. The molecule has 0 saturated heterocycles. The Morgan fingerprint density at radius 3 is 2.65 bits per heavy atom. The van der Waals surface area contributed by atoms with Crippen molar-refractivity contribution in [2.75, 3.05) is 5.32 Å². The molecule has 0 aliphatic heterocycles. The maximum atomic E-state index is 12.5. The van der Waals surface area contributed by atoms with Crippen molar-refractivity contribution in [2.45, 2.75) is 32.7 Å². The van der Waals surface area contributed by atoms with Gasteiger partial charge in [-0.1, -0.05) is 6.07 Å². The second-order valence-corrected chi connectivity index (χ2v) is 6.71. The van der Waals surface area contributed by atoms with Gasteiger partial charge in [0, 0.05) is 17.9 Å². The fourth-order valence-electron chi connectivity index (χ4n) is 2.96. The van der Waals surface area contributed by atoms with Crippen molar-refractivity contribution >= 4 is 22.6 Å². The highest BCUT2D eigenvalue weighted by Gasteiger charge is 2.27. The quantitative estimate of drug-likeness (QED) is 0.757. The Balaban J connectivity index is 1.73. The Labute approximate surface area is 148 Å². The third-order valence-electron chi connectivity index (χ3n) is 4.72. The number of aryl methyl sites for hydroxylation is 2. The lowest BCUT2D eigenvalue weighted by Crippen LogP contribution is -2.30. The normalized spacial score (nSPS) is 13.8. The van der Waals surface area contributed by atoms with Gasteiger partial charge in [-0.3, -0.25) is 19.1 Å². The SMILES string of the molecule is Cc1ccc(NC(=O)c2cnc3c(c2)c(=O)[nH]c(=O)n3C2CC2)cc1C. The van der Waals surface area contributed by atoms with Crippen LogP contribution >= 0.6 is 0 Å². The molecule has 7 heteroatoms. The van der Waals surface area contributed by atoms with E-state index in [9.17, 15) is 14.4 Å². The van der Waals surface area contributed by atoms with Crippen molar-refractivity contribution < 1.29 is 4.79 Å². The number of hydrogen-bond donors (Lipinski definition) is 2. The van der Waals surface area contributed by atoms with E-state index in [4.69, 9.17) is 0 Å². The molecule has 1 aliphatic carbocycles. The lowest BCUT2D eigenvalue weighted by molar-refractivity contribution is 0.102. The van der Waals surface area contributed by atoms with Crippen LogP contribution in [0.1, 0.15) is 40.4 Å². The first-order valence-corrected chi connectivity index (χ1v) is 8.47. The fourth-order valence-corrected chi connectivity index (χ4v) is 2.96. The zero-order valence-corrected chi connectivity index (χ0v) is 14.5. The average molecular weight is 350 g/mol. The highest BCUT2D eigenvalue weighted by atomic mass is 16.2. The number of aromatic nitrogens is 3. The number of amides is 1. The van der Waals surface area contributed by atoms with Crippen LogP contribution in [0.2, 0.25) is 0 Å². The minimum atomic E-state index is -0.532. The summed E-state index contributed by atoms with van der Waals surface area (Å²) in [5, 5.41) is 3.05. The summed E-state index contributed by atoms with van der Waals surface area (Å²) in [5.41, 5.74) is 2.49. The minimum Gasteiger partial charge on any atom is -0.322 e. The van der Waals surface area contributed by atoms with E-state index in [0.29, 0.717) is 11.3 Å². The van der Waals surface area contributed by atoms with Gasteiger partial charge in [-0.15, -0.1) is 0 Å². The molecule has 7 nitrogen and oxygen atoms in total. The van der Waals surface area contributed by atoms with Crippen LogP contribution in [-0.4, -0.2) is 20.4 Å². The third kappa shape index (κ3) is 2.81. The zero-order chi connectivity index (χ0) is 18.4. The summed E-state index contributed by atoms with van der Waals surface area (Å²) in [5.74, 6) is -0.355. The highest BCUT2D eigenvalue weighted by molar-refractivity contribution is 6.05. The molecule has 26 heavy (non-hydrogen) atoms. The lowest BCUT2D eigenvalue weighted by atomic mass is 10.1. The number of benzene rings is 1. The predicted octanol–water partition coefficient (Wildman–Crippen LogP) is 2.29. The van der Waals surface area contributed by atoms with Crippen molar-refractivity contribution in [1.29, 1.82) is 0 Å². The zero-order valence-electron chi connectivity index (χ0n) is 14.5. The monoisotopic (exact) mass is 350 g/mol. The lowest BCUT2D eigenvalue weighted by Gasteiger charge is -2.10. The van der Waals surface area contributed by atoms with Crippen LogP contribution in [0.5, 0.6) is 0 Å². The number of rotatable bonds is 3. The van der Waals surface area contributed by atoms with E-state index in [1.165, 1.54) is 16.8 Å². The number of nitrogens with one attached hydrogen (secondary N) is 2. The topological polar surface area (TPSA) is 96.8 Å². The molecule has 1 fully saturated rings. The number of anilines is 1. The maximum absolute atomic E-state index is 12.5. The average Bonchev–Trinajstić information content (AvgIpc) is 3.43. The van der Waals surface area contributed by atoms with E-state index < -0.39 is 11.2 Å². The number of aromatic amines is 1. The number of hydrogen-bond acceptors (Lipinski definition) is 4. The Bertz CT molecular complexity index is 1160. The van der Waals surface area contributed by atoms with Gasteiger partial charge in [0.1, 0.15) is 5.65 Å². The number of H-pyrrole nitrogens is 1. The number of nitrogens with zero attached hydrogens (tertiary/aromatic N) is 2. The van der Waals surface area contributed by atoms with E-state index in [0.717, 1.165) is 24.0 Å². The molecule has 0 atom stereocenters. The van der Waals surface area contributed by atoms with Gasteiger partial charge >= 0.3 is 5.69 Å². The Morgan fingerprint density at radius 2 is 1.96 bits per heavy atom. The molecule has 4 rings (SSSR count). The summed E-state index contributed by atoms with van der Waals surface area (Å²) >= 11 is 0. The van der Waals surface area contributed by atoms with Crippen LogP contribution in [0.3, 0.4) is 0 Å². The smallest absolute Gasteiger partial charge is 0.322 e. The molecule has 2 N–H and O–H groups in total. The first kappa shape index (κ1) is 16.3. The van der Waals surface area contributed by atoms with Gasteiger partial charge in [0.15, 0.2) is 0 Å². The van der Waals surface area contributed by atoms with E-state index >= 15 is 0 Å². The van der Waals surface area contributed by atoms with Crippen LogP contribution in [0, 0.1) is 13.8 Å². The van der Waals surface area contributed by atoms with Crippen molar-refractivity contribution in [1.82, 2.24) is 14.5 Å². The summed E-state index contributed by atoms with van der Waals surface area (Å²) in [6.07, 6.45) is 3.17. The van der Waals surface area contributed by atoms with Crippen molar-refractivity contribution in [2.24, 2.45) is 0 Å². The molecule has 2 aromatic heterocycles. The van der Waals surface area contributed by atoms with Crippen molar-refractivity contribution in [3.63, 3.8) is 0 Å². The van der Waals surface area contributed by atoms with Crippen LogP contribution in [0.25, 0.3) is 11.0 Å². The Kier molecular flexibility index (Phi) is 3.72. The first-order valence-electron chi connectivity index (χ1n) is 8.47. The van der Waals surface area contributed by atoms with Gasteiger partial charge in [0.2, 0.25) is 0 Å². The molecule has 1 aliphatic rings. The molecule has 1 saturated carbocycles. The van der Waals surface area contributed by atoms with E-state index in [-0.39, 0.29) is 22.9 Å². The standard InChI is InChI=1S/C19H18N4O3/c1-10-3-4-13(7-11(10)2)21-17(24)12-8-15-16(20-9-12)23(14-5-6-14)19(26)22-18(15)25/h3-4,7-9,14H,5-6H2,1-2H3,(H,21,24)(H,22,25,26). The fraction of sp³-hybridized carbons (Fsp3) is 0.263. The number of carbonyl (C=O) groups is 1. The number of carbonyl (C=O) groups excluding carboxylic acids is 1. The maximum Gasteiger partial charge on any atom is 0.330 e. The molecule has 0 radical (unpaired) electrons. The number of pyridine rings is 1. The molecular weight excluding hydrogens is 332 g/mol. The molecule has 1 aromatic carbocycles. The molecule has 0 unspecified atom stereocenters. The third-order valence-corrected chi connectivity index (χ3v) is 4.72. The molecule has 132 valence electrons. The van der Waals surface area contributed by atoms with E-state index in [1.54, 1.807) is 0 Å². The van der Waals surface area contributed by atoms with Gasteiger partial charge in [0.25, 0.3) is 11.5 Å². The van der Waals surface area contributed by atoms with Crippen LogP contribution < -0.4 is 16.6 Å². The second kappa shape index (κ2) is 5.94. The van der Waals surface area contributed by atoms with E-state index in [1.807, 2.05) is 32.0 Å². The Hall–Kier alpha value is -3.22.